The molecule has 0 aliphatic rings. The summed E-state index contributed by atoms with van der Waals surface area (Å²) in [4.78, 5) is 3.16. The lowest BCUT2D eigenvalue weighted by Crippen LogP contribution is -2.14. The van der Waals surface area contributed by atoms with Gasteiger partial charge in [0.15, 0.2) is 18.1 Å². The van der Waals surface area contributed by atoms with Gasteiger partial charge in [0, 0.05) is 16.6 Å². The average molecular weight is 389 g/mol. The molecule has 0 amide bonds. The van der Waals surface area contributed by atoms with Crippen molar-refractivity contribution in [2.75, 3.05) is 0 Å². The summed E-state index contributed by atoms with van der Waals surface area (Å²) >= 11 is 1.16. The number of nitrogens with zero attached hydrogens (tertiary/aromatic N) is 2. The zero-order chi connectivity index (χ0) is 18.4. The molecule has 2 N–H and O–H groups in total. The maximum atomic E-state index is 14.4. The number of rotatable bonds is 4. The standard InChI is InChI=1S/C14H10F3N3O3S2/c1-6-5-24-14(19-6)13-12(10(4-15)23-20-13)7-2-9(17)11(3-8(7)16)25(18,21)22/h2-3,5H,4H2,1H3,(H2,18,21,22). The molecule has 0 spiro atoms. The third-order valence-electron chi connectivity index (χ3n) is 3.30. The molecule has 3 rings (SSSR count). The number of alkyl halides is 1. The van der Waals surface area contributed by atoms with E-state index in [9.17, 15) is 21.6 Å². The van der Waals surface area contributed by atoms with Gasteiger partial charge in [-0.15, -0.1) is 11.3 Å². The molecular weight excluding hydrogens is 379 g/mol. The normalized spacial score (nSPS) is 11.9. The fourth-order valence-electron chi connectivity index (χ4n) is 2.24. The molecule has 2 heterocycles. The maximum absolute atomic E-state index is 14.4. The largest absolute Gasteiger partial charge is 0.357 e. The smallest absolute Gasteiger partial charge is 0.241 e. The minimum absolute atomic E-state index is 0.0346. The van der Waals surface area contributed by atoms with Crippen molar-refractivity contribution in [3.8, 4) is 21.8 Å². The number of hydrogen-bond acceptors (Lipinski definition) is 6. The molecule has 0 saturated carbocycles. The Bertz CT molecular complexity index is 1060. The molecule has 0 radical (unpaired) electrons. The van der Waals surface area contributed by atoms with Gasteiger partial charge in [-0.05, 0) is 19.1 Å². The molecule has 11 heteroatoms. The predicted molar refractivity (Wildman–Crippen MR) is 83.9 cm³/mol. The van der Waals surface area contributed by atoms with E-state index in [0.717, 1.165) is 11.3 Å². The number of sulfonamides is 1. The van der Waals surface area contributed by atoms with Gasteiger partial charge in [-0.2, -0.15) is 0 Å². The first-order valence-corrected chi connectivity index (χ1v) is 9.14. The molecule has 0 unspecified atom stereocenters. The summed E-state index contributed by atoms with van der Waals surface area (Å²) in [6, 6.07) is 1.05. The van der Waals surface area contributed by atoms with Gasteiger partial charge in [0.25, 0.3) is 0 Å². The third kappa shape index (κ3) is 3.17. The van der Waals surface area contributed by atoms with Crippen LogP contribution in [-0.4, -0.2) is 18.6 Å². The van der Waals surface area contributed by atoms with Crippen LogP contribution in [0.4, 0.5) is 13.2 Å². The van der Waals surface area contributed by atoms with Crippen LogP contribution in [0.5, 0.6) is 0 Å². The van der Waals surface area contributed by atoms with Crippen LogP contribution in [0.15, 0.2) is 26.9 Å². The van der Waals surface area contributed by atoms with Gasteiger partial charge in [-0.3, -0.25) is 0 Å². The van der Waals surface area contributed by atoms with Gasteiger partial charge >= 0.3 is 0 Å². The Kier molecular flexibility index (Phi) is 4.39. The van der Waals surface area contributed by atoms with E-state index in [4.69, 9.17) is 9.66 Å². The highest BCUT2D eigenvalue weighted by Crippen LogP contribution is 2.38. The monoisotopic (exact) mass is 389 g/mol. The van der Waals surface area contributed by atoms with Gasteiger partial charge in [0.1, 0.15) is 21.5 Å². The van der Waals surface area contributed by atoms with Gasteiger partial charge in [0.2, 0.25) is 10.0 Å². The SMILES string of the molecule is Cc1csc(-c2noc(CF)c2-c2cc(F)c(S(N)(=O)=O)cc2F)n1. The van der Waals surface area contributed by atoms with Crippen LogP contribution in [0.2, 0.25) is 0 Å². The van der Waals surface area contributed by atoms with Crippen molar-refractivity contribution in [3.63, 3.8) is 0 Å². The first kappa shape index (κ1) is 17.6. The van der Waals surface area contributed by atoms with Crippen LogP contribution in [0.25, 0.3) is 21.8 Å². The molecule has 25 heavy (non-hydrogen) atoms. The van der Waals surface area contributed by atoms with Gasteiger partial charge in [-0.1, -0.05) is 5.16 Å². The molecule has 0 saturated heterocycles. The Morgan fingerprint density at radius 3 is 2.56 bits per heavy atom. The lowest BCUT2D eigenvalue weighted by molar-refractivity contribution is 0.332. The van der Waals surface area contributed by atoms with Crippen LogP contribution in [0, 0.1) is 18.6 Å². The number of hydrogen-bond donors (Lipinski definition) is 1. The van der Waals surface area contributed by atoms with E-state index in [1.165, 1.54) is 0 Å². The van der Waals surface area contributed by atoms with Crippen molar-refractivity contribution >= 4 is 21.4 Å². The quantitative estimate of drug-likeness (QED) is 0.739. The van der Waals surface area contributed by atoms with E-state index in [-0.39, 0.29) is 17.0 Å². The zero-order valence-corrected chi connectivity index (χ0v) is 14.2. The predicted octanol–water partition coefficient (Wildman–Crippen LogP) is 3.17. The summed E-state index contributed by atoms with van der Waals surface area (Å²) in [5.74, 6) is -2.71. The summed E-state index contributed by atoms with van der Waals surface area (Å²) < 4.78 is 69.2. The minimum atomic E-state index is -4.45. The lowest BCUT2D eigenvalue weighted by Gasteiger charge is -2.07. The van der Waals surface area contributed by atoms with E-state index >= 15 is 0 Å². The summed E-state index contributed by atoms with van der Waals surface area (Å²) in [6.07, 6.45) is 0. The number of aromatic nitrogens is 2. The number of benzene rings is 1. The molecule has 132 valence electrons. The minimum Gasteiger partial charge on any atom is -0.357 e. The van der Waals surface area contributed by atoms with Crippen molar-refractivity contribution in [2.24, 2.45) is 5.14 Å². The first-order chi connectivity index (χ1) is 11.7. The summed E-state index contributed by atoms with van der Waals surface area (Å²) in [6.45, 7) is 0.599. The van der Waals surface area contributed by atoms with Crippen LogP contribution in [0.1, 0.15) is 11.5 Å². The molecule has 0 atom stereocenters. The molecule has 0 bridgehead atoms. The van der Waals surface area contributed by atoms with Crippen LogP contribution in [-0.2, 0) is 16.7 Å². The second-order valence-corrected chi connectivity index (χ2v) is 7.45. The zero-order valence-electron chi connectivity index (χ0n) is 12.6. The highest BCUT2D eigenvalue weighted by Gasteiger charge is 2.26. The molecule has 2 aromatic heterocycles. The Hall–Kier alpha value is -2.24. The topological polar surface area (TPSA) is 99.1 Å². The van der Waals surface area contributed by atoms with E-state index in [0.29, 0.717) is 22.8 Å². The van der Waals surface area contributed by atoms with Gasteiger partial charge in [-0.25, -0.2) is 31.7 Å². The van der Waals surface area contributed by atoms with Crippen molar-refractivity contribution in [1.82, 2.24) is 10.1 Å². The van der Waals surface area contributed by atoms with Crippen LogP contribution in [0.3, 0.4) is 0 Å². The third-order valence-corrected chi connectivity index (χ3v) is 5.20. The van der Waals surface area contributed by atoms with Crippen LogP contribution >= 0.6 is 11.3 Å². The van der Waals surface area contributed by atoms with Crippen molar-refractivity contribution in [3.05, 3.63) is 40.6 Å². The van der Waals surface area contributed by atoms with Gasteiger partial charge in [0.05, 0.1) is 5.56 Å². The van der Waals surface area contributed by atoms with Gasteiger partial charge < -0.3 is 4.52 Å². The number of nitrogens with two attached hydrogens (primary N) is 1. The number of halogens is 3. The maximum Gasteiger partial charge on any atom is 0.241 e. The Morgan fingerprint density at radius 1 is 1.28 bits per heavy atom. The fraction of sp³-hybridized carbons (Fsp3) is 0.143. The average Bonchev–Trinajstić information content (AvgIpc) is 3.13. The summed E-state index contributed by atoms with van der Waals surface area (Å²) in [5, 5.41) is 10.6. The van der Waals surface area contributed by atoms with E-state index < -0.39 is 38.8 Å². The molecule has 0 aliphatic heterocycles. The van der Waals surface area contributed by atoms with Crippen molar-refractivity contribution < 1.29 is 26.1 Å². The highest BCUT2D eigenvalue weighted by molar-refractivity contribution is 7.89. The second-order valence-electron chi connectivity index (χ2n) is 5.06. The lowest BCUT2D eigenvalue weighted by atomic mass is 10.0. The van der Waals surface area contributed by atoms with Crippen molar-refractivity contribution in [1.29, 1.82) is 0 Å². The van der Waals surface area contributed by atoms with E-state index in [2.05, 4.69) is 10.1 Å². The molecule has 0 fully saturated rings. The molecule has 6 nitrogen and oxygen atoms in total. The van der Waals surface area contributed by atoms with E-state index in [1.807, 2.05) is 0 Å². The Morgan fingerprint density at radius 2 is 2.00 bits per heavy atom. The van der Waals surface area contributed by atoms with Crippen LogP contribution < -0.4 is 5.14 Å². The first-order valence-electron chi connectivity index (χ1n) is 6.71. The van der Waals surface area contributed by atoms with Crippen molar-refractivity contribution in [2.45, 2.75) is 18.5 Å². The van der Waals surface area contributed by atoms with E-state index in [1.54, 1.807) is 12.3 Å². The molecule has 1 aromatic carbocycles. The highest BCUT2D eigenvalue weighted by atomic mass is 32.2. The number of thiazole rings is 1. The number of aryl methyl sites for hydroxylation is 1. The Labute approximate surface area is 144 Å². The molecule has 0 aliphatic carbocycles. The second kappa shape index (κ2) is 6.24. The summed E-state index contributed by atoms with van der Waals surface area (Å²) in [7, 11) is -4.45. The molecule has 3 aromatic rings. The number of primary sulfonamides is 1. The summed E-state index contributed by atoms with van der Waals surface area (Å²) in [5.41, 5.74) is 0.162. The Balaban J connectivity index is 2.27. The fourth-order valence-corrected chi connectivity index (χ4v) is 3.62. The molecular formula is C14H10F3N3O3S2.